The highest BCUT2D eigenvalue weighted by Gasteiger charge is 2.19. The Hall–Kier alpha value is -2.11. The molecule has 0 aliphatic rings. The minimum atomic E-state index is -0.771. The number of ether oxygens (including phenoxy) is 3. The van der Waals surface area contributed by atoms with E-state index in [9.17, 15) is 14.4 Å². The van der Waals surface area contributed by atoms with E-state index in [1.54, 1.807) is 0 Å². The van der Waals surface area contributed by atoms with Crippen molar-refractivity contribution in [1.29, 1.82) is 0 Å². The minimum absolute atomic E-state index is 0.0663. The summed E-state index contributed by atoms with van der Waals surface area (Å²) in [5, 5.41) is 0. The lowest BCUT2D eigenvalue weighted by atomic mass is 10.0. The number of unbranched alkanes of at least 4 members (excludes halogenated alkanes) is 51. The normalized spacial score (nSPS) is 12.1. The summed E-state index contributed by atoms with van der Waals surface area (Å²) in [6.45, 7) is 6.72. The zero-order valence-electron chi connectivity index (χ0n) is 53.0. The molecule has 1 unspecified atom stereocenters. The van der Waals surface area contributed by atoms with Gasteiger partial charge in [-0.2, -0.15) is 0 Å². The summed E-state index contributed by atoms with van der Waals surface area (Å²) in [7, 11) is 0. The molecule has 0 aliphatic carbocycles. The molecule has 0 aliphatic heterocycles. The van der Waals surface area contributed by atoms with Crippen LogP contribution >= 0.6 is 0 Å². The number of hydrogen-bond donors (Lipinski definition) is 0. The van der Waals surface area contributed by atoms with Gasteiger partial charge in [0.25, 0.3) is 0 Å². The highest BCUT2D eigenvalue weighted by atomic mass is 16.6. The maximum atomic E-state index is 13.0. The molecule has 0 fully saturated rings. The average Bonchev–Trinajstić information content (AvgIpc) is 3.44. The molecule has 6 nitrogen and oxygen atoms in total. The summed E-state index contributed by atoms with van der Waals surface area (Å²) in [5.74, 6) is -0.836. The van der Waals surface area contributed by atoms with Crippen LogP contribution in [0.5, 0.6) is 0 Å². The fourth-order valence-corrected chi connectivity index (χ4v) is 10.8. The van der Waals surface area contributed by atoms with Gasteiger partial charge in [-0.1, -0.05) is 334 Å². The molecular weight excluding hydrogens is 961 g/mol. The fourth-order valence-electron chi connectivity index (χ4n) is 10.8. The lowest BCUT2D eigenvalue weighted by Gasteiger charge is -2.18. The molecule has 0 bridgehead atoms. The van der Waals surface area contributed by atoms with Gasteiger partial charge in [0.15, 0.2) is 6.10 Å². The molecule has 0 amide bonds. The van der Waals surface area contributed by atoms with Crippen molar-refractivity contribution in [2.75, 3.05) is 13.2 Å². The van der Waals surface area contributed by atoms with E-state index in [4.69, 9.17) is 14.2 Å². The molecule has 0 radical (unpaired) electrons. The Morgan fingerprint density at radius 1 is 0.244 bits per heavy atom. The number of carbonyl (C=O) groups excluding carboxylic acids is 3. The summed E-state index contributed by atoms with van der Waals surface area (Å²) in [5.41, 5.74) is 0. The van der Waals surface area contributed by atoms with Crippen molar-refractivity contribution < 1.29 is 28.6 Å². The van der Waals surface area contributed by atoms with Gasteiger partial charge in [0.05, 0.1) is 0 Å². The van der Waals surface area contributed by atoms with Crippen molar-refractivity contribution in [3.05, 3.63) is 24.3 Å². The summed E-state index contributed by atoms with van der Waals surface area (Å²) in [4.78, 5) is 38.5. The van der Waals surface area contributed by atoms with Gasteiger partial charge in [0.1, 0.15) is 13.2 Å². The zero-order chi connectivity index (χ0) is 56.4. The largest absolute Gasteiger partial charge is 0.462 e. The second-order valence-corrected chi connectivity index (χ2v) is 24.1. The van der Waals surface area contributed by atoms with Gasteiger partial charge in [0, 0.05) is 19.3 Å². The lowest BCUT2D eigenvalue weighted by Crippen LogP contribution is -2.30. The van der Waals surface area contributed by atoms with E-state index in [1.165, 1.54) is 302 Å². The molecular formula is C72H136O6. The Morgan fingerprint density at radius 2 is 0.423 bits per heavy atom. The number of rotatable bonds is 66. The van der Waals surface area contributed by atoms with E-state index >= 15 is 0 Å². The van der Waals surface area contributed by atoms with Crippen molar-refractivity contribution in [3.8, 4) is 0 Å². The quantitative estimate of drug-likeness (QED) is 0.0261. The van der Waals surface area contributed by atoms with E-state index in [0.717, 1.165) is 57.8 Å². The first kappa shape index (κ1) is 75.9. The van der Waals surface area contributed by atoms with Crippen LogP contribution in [0.15, 0.2) is 24.3 Å². The SMILES string of the molecule is CCCCCCCC/C=C\CCCCCCCCCCCC(=O)OC(COC(=O)CCCCCCCCCCCCC/C=C\CCCCCCCCCC)COC(=O)CCCCCCCCCCCCCCCCCCCC. The van der Waals surface area contributed by atoms with Crippen molar-refractivity contribution in [2.45, 2.75) is 406 Å². The standard InChI is InChI=1S/C72H136O6/c1-4-7-10-13-16-19-22-25-28-31-34-35-36-37-39-41-44-47-50-53-56-59-62-65-71(74)77-68-69(67-76-70(73)64-61-58-55-52-49-46-43-40-33-30-27-24-21-18-15-12-9-6-3)78-72(75)66-63-60-57-54-51-48-45-42-38-32-29-26-23-20-17-14-11-8-5-2/h26,29,31,34,69H,4-25,27-28,30,32-33,35-68H2,1-3H3/b29-26-,34-31-. The van der Waals surface area contributed by atoms with Gasteiger partial charge >= 0.3 is 17.9 Å². The third kappa shape index (κ3) is 64.7. The summed E-state index contributed by atoms with van der Waals surface area (Å²) in [6, 6.07) is 0. The van der Waals surface area contributed by atoms with Crippen LogP contribution < -0.4 is 0 Å². The van der Waals surface area contributed by atoms with E-state index in [-0.39, 0.29) is 31.1 Å². The molecule has 1 atom stereocenters. The van der Waals surface area contributed by atoms with Crippen molar-refractivity contribution in [1.82, 2.24) is 0 Å². The van der Waals surface area contributed by atoms with E-state index in [0.29, 0.717) is 19.3 Å². The number of esters is 3. The topological polar surface area (TPSA) is 78.9 Å². The minimum Gasteiger partial charge on any atom is -0.462 e. The maximum Gasteiger partial charge on any atom is 0.306 e. The van der Waals surface area contributed by atoms with Crippen molar-refractivity contribution in [3.63, 3.8) is 0 Å². The molecule has 0 N–H and O–H groups in total. The molecule has 0 aromatic heterocycles. The molecule has 78 heavy (non-hydrogen) atoms. The third-order valence-corrected chi connectivity index (χ3v) is 16.2. The molecule has 460 valence electrons. The monoisotopic (exact) mass is 1100 g/mol. The van der Waals surface area contributed by atoms with Crippen LogP contribution in [-0.4, -0.2) is 37.2 Å². The smallest absolute Gasteiger partial charge is 0.306 e. The van der Waals surface area contributed by atoms with Crippen LogP contribution in [0.1, 0.15) is 400 Å². The Morgan fingerprint density at radius 3 is 0.641 bits per heavy atom. The van der Waals surface area contributed by atoms with Crippen LogP contribution in [0.25, 0.3) is 0 Å². The Balaban J connectivity index is 4.29. The van der Waals surface area contributed by atoms with Crippen LogP contribution in [0.4, 0.5) is 0 Å². The average molecular weight is 1100 g/mol. The molecule has 0 aromatic carbocycles. The van der Waals surface area contributed by atoms with Crippen molar-refractivity contribution >= 4 is 17.9 Å². The van der Waals surface area contributed by atoms with Gasteiger partial charge in [-0.15, -0.1) is 0 Å². The third-order valence-electron chi connectivity index (χ3n) is 16.2. The Labute approximate surface area is 487 Å². The van der Waals surface area contributed by atoms with Crippen LogP contribution in [-0.2, 0) is 28.6 Å². The molecule has 0 rings (SSSR count). The summed E-state index contributed by atoms with van der Waals surface area (Å²) < 4.78 is 17.0. The first-order valence-electron chi connectivity index (χ1n) is 35.3. The Kier molecular flexibility index (Phi) is 65.6. The number of hydrogen-bond acceptors (Lipinski definition) is 6. The number of carbonyl (C=O) groups is 3. The van der Waals surface area contributed by atoms with Crippen LogP contribution in [0.3, 0.4) is 0 Å². The van der Waals surface area contributed by atoms with E-state index in [2.05, 4.69) is 45.1 Å². The predicted molar refractivity (Wildman–Crippen MR) is 340 cm³/mol. The summed E-state index contributed by atoms with van der Waals surface area (Å²) >= 11 is 0. The molecule has 6 heteroatoms. The highest BCUT2D eigenvalue weighted by Crippen LogP contribution is 2.18. The predicted octanol–water partition coefficient (Wildman–Crippen LogP) is 24.2. The molecule has 0 aromatic rings. The highest BCUT2D eigenvalue weighted by molar-refractivity contribution is 5.71. The second kappa shape index (κ2) is 67.4. The van der Waals surface area contributed by atoms with Gasteiger partial charge in [-0.05, 0) is 70.6 Å². The lowest BCUT2D eigenvalue weighted by molar-refractivity contribution is -0.167. The Bertz CT molecular complexity index is 1260. The molecule has 0 saturated carbocycles. The van der Waals surface area contributed by atoms with Gasteiger partial charge < -0.3 is 14.2 Å². The van der Waals surface area contributed by atoms with E-state index in [1.807, 2.05) is 0 Å². The van der Waals surface area contributed by atoms with Crippen LogP contribution in [0, 0.1) is 0 Å². The van der Waals surface area contributed by atoms with E-state index < -0.39 is 6.10 Å². The fraction of sp³-hybridized carbons (Fsp3) is 0.903. The number of allylic oxidation sites excluding steroid dienone is 4. The maximum absolute atomic E-state index is 13.0. The van der Waals surface area contributed by atoms with Gasteiger partial charge in [-0.25, -0.2) is 0 Å². The second-order valence-electron chi connectivity index (χ2n) is 24.1. The molecule has 0 spiro atoms. The zero-order valence-corrected chi connectivity index (χ0v) is 53.0. The first-order chi connectivity index (χ1) is 38.5. The van der Waals surface area contributed by atoms with Gasteiger partial charge in [-0.3, -0.25) is 14.4 Å². The van der Waals surface area contributed by atoms with Crippen molar-refractivity contribution in [2.24, 2.45) is 0 Å². The van der Waals surface area contributed by atoms with Gasteiger partial charge in [0.2, 0.25) is 0 Å². The van der Waals surface area contributed by atoms with Crippen LogP contribution in [0.2, 0.25) is 0 Å². The molecule has 0 saturated heterocycles. The first-order valence-corrected chi connectivity index (χ1v) is 35.3. The summed E-state index contributed by atoms with van der Waals surface area (Å²) in [6.07, 6.45) is 82.0. The molecule has 0 heterocycles.